The molecule has 1 aromatic rings. The van der Waals surface area contributed by atoms with E-state index in [2.05, 4.69) is 33.0 Å². The van der Waals surface area contributed by atoms with Crippen LogP contribution in [0.5, 0.6) is 5.75 Å². The van der Waals surface area contributed by atoms with E-state index in [9.17, 15) is 4.79 Å². The van der Waals surface area contributed by atoms with Crippen LogP contribution < -0.4 is 15.8 Å². The normalized spacial score (nSPS) is 18.5. The van der Waals surface area contributed by atoms with E-state index in [1.54, 1.807) is 0 Å². The second-order valence-corrected chi connectivity index (χ2v) is 6.53. The molecular weight excluding hydrogens is 288 g/mol. The fourth-order valence-electron chi connectivity index (χ4n) is 2.88. The highest BCUT2D eigenvalue weighted by Crippen LogP contribution is 2.68. The molecule has 0 unspecified atom stereocenters. The number of anilines is 1. The van der Waals surface area contributed by atoms with Crippen molar-refractivity contribution in [1.29, 1.82) is 0 Å². The number of nitrogens with one attached hydrogen (secondary N) is 1. The predicted molar refractivity (Wildman–Crippen MR) is 87.9 cm³/mol. The number of benzene rings is 1. The minimum atomic E-state index is 0. The second-order valence-electron chi connectivity index (χ2n) is 6.53. The molecule has 1 aromatic carbocycles. The minimum absolute atomic E-state index is 0. The van der Waals surface area contributed by atoms with Gasteiger partial charge in [-0.1, -0.05) is 27.7 Å². The van der Waals surface area contributed by atoms with Crippen molar-refractivity contribution >= 4 is 24.0 Å². The molecule has 1 saturated carbocycles. The maximum absolute atomic E-state index is 12.3. The summed E-state index contributed by atoms with van der Waals surface area (Å²) >= 11 is 0. The van der Waals surface area contributed by atoms with E-state index in [1.165, 1.54) is 0 Å². The molecule has 0 aliphatic heterocycles. The van der Waals surface area contributed by atoms with Crippen LogP contribution in [0.2, 0.25) is 0 Å². The highest BCUT2D eigenvalue weighted by atomic mass is 35.5. The third kappa shape index (κ3) is 3.33. The summed E-state index contributed by atoms with van der Waals surface area (Å²) in [5.74, 6) is 0.916. The Hall–Kier alpha value is -1.26. The molecule has 5 heteroatoms. The smallest absolute Gasteiger partial charge is 0.228 e. The highest BCUT2D eigenvalue weighted by molar-refractivity contribution is 5.96. The van der Waals surface area contributed by atoms with E-state index < -0.39 is 0 Å². The van der Waals surface area contributed by atoms with Crippen molar-refractivity contribution in [2.24, 2.45) is 22.5 Å². The Morgan fingerprint density at radius 3 is 2.14 bits per heavy atom. The summed E-state index contributed by atoms with van der Waals surface area (Å²) in [4.78, 5) is 12.3. The predicted octanol–water partition coefficient (Wildman–Crippen LogP) is 3.07. The first kappa shape index (κ1) is 17.8. The molecule has 0 bridgehead atoms. The minimum Gasteiger partial charge on any atom is -0.492 e. The van der Waals surface area contributed by atoms with E-state index >= 15 is 0 Å². The molecule has 1 fully saturated rings. The van der Waals surface area contributed by atoms with Crippen LogP contribution in [0.3, 0.4) is 0 Å². The number of carbonyl (C=O) groups excluding carboxylic acids is 1. The Labute approximate surface area is 132 Å². The number of amides is 1. The summed E-state index contributed by atoms with van der Waals surface area (Å²) in [5.41, 5.74) is 6.29. The van der Waals surface area contributed by atoms with Gasteiger partial charge in [-0.05, 0) is 35.1 Å². The van der Waals surface area contributed by atoms with Crippen LogP contribution in [-0.2, 0) is 4.79 Å². The van der Waals surface area contributed by atoms with Gasteiger partial charge in [0.05, 0.1) is 0 Å². The van der Waals surface area contributed by atoms with Crippen LogP contribution >= 0.6 is 12.4 Å². The third-order valence-electron chi connectivity index (χ3n) is 4.79. The molecule has 118 valence electrons. The van der Waals surface area contributed by atoms with Crippen molar-refractivity contribution in [1.82, 2.24) is 0 Å². The van der Waals surface area contributed by atoms with Gasteiger partial charge >= 0.3 is 0 Å². The quantitative estimate of drug-likeness (QED) is 0.878. The Morgan fingerprint density at radius 1 is 1.19 bits per heavy atom. The zero-order chi connectivity index (χ0) is 15.0. The van der Waals surface area contributed by atoms with Gasteiger partial charge < -0.3 is 15.8 Å². The fourth-order valence-corrected chi connectivity index (χ4v) is 2.88. The first-order valence-electron chi connectivity index (χ1n) is 7.04. The van der Waals surface area contributed by atoms with E-state index in [4.69, 9.17) is 10.5 Å². The van der Waals surface area contributed by atoms with Crippen LogP contribution in [0.4, 0.5) is 5.69 Å². The number of nitrogens with two attached hydrogens (primary N) is 1. The highest BCUT2D eigenvalue weighted by Gasteiger charge is 2.68. The Balaban J connectivity index is 0.00000220. The van der Waals surface area contributed by atoms with Crippen molar-refractivity contribution in [3.63, 3.8) is 0 Å². The lowest BCUT2D eigenvalue weighted by Gasteiger charge is -2.08. The molecular formula is C16H25ClN2O2. The van der Waals surface area contributed by atoms with Gasteiger partial charge in [-0.25, -0.2) is 0 Å². The van der Waals surface area contributed by atoms with Crippen molar-refractivity contribution in [2.45, 2.75) is 27.7 Å². The molecule has 0 spiro atoms. The Kier molecular flexibility index (Phi) is 5.29. The van der Waals surface area contributed by atoms with Crippen LogP contribution in [0, 0.1) is 16.7 Å². The third-order valence-corrected chi connectivity index (χ3v) is 4.79. The zero-order valence-corrected chi connectivity index (χ0v) is 13.9. The summed E-state index contributed by atoms with van der Waals surface area (Å²) in [5, 5.41) is 2.98. The Bertz CT molecular complexity index is 484. The molecule has 2 rings (SSSR count). The molecule has 0 radical (unpaired) electrons. The number of ether oxygens (including phenoxy) is 1. The molecule has 0 saturated heterocycles. The van der Waals surface area contributed by atoms with Crippen molar-refractivity contribution in [2.75, 3.05) is 18.5 Å². The second kappa shape index (κ2) is 6.24. The number of halogens is 1. The van der Waals surface area contributed by atoms with Crippen LogP contribution in [0.25, 0.3) is 0 Å². The first-order chi connectivity index (χ1) is 9.30. The molecule has 1 aliphatic carbocycles. The monoisotopic (exact) mass is 312 g/mol. The molecule has 0 aromatic heterocycles. The molecule has 4 nitrogen and oxygen atoms in total. The summed E-state index contributed by atoms with van der Waals surface area (Å²) in [7, 11) is 0. The Morgan fingerprint density at radius 2 is 1.71 bits per heavy atom. The van der Waals surface area contributed by atoms with Gasteiger partial charge in [-0.2, -0.15) is 0 Å². The molecule has 3 N–H and O–H groups in total. The summed E-state index contributed by atoms with van der Waals surface area (Å²) in [6.45, 7) is 9.55. The average molecular weight is 313 g/mol. The summed E-state index contributed by atoms with van der Waals surface area (Å²) < 4.78 is 5.40. The van der Waals surface area contributed by atoms with Crippen LogP contribution in [0.1, 0.15) is 27.7 Å². The molecule has 1 amide bonds. The fraction of sp³-hybridized carbons (Fsp3) is 0.562. The number of hydrogen-bond acceptors (Lipinski definition) is 3. The molecule has 21 heavy (non-hydrogen) atoms. The van der Waals surface area contributed by atoms with Crippen LogP contribution in [0.15, 0.2) is 24.3 Å². The van der Waals surface area contributed by atoms with E-state index in [0.29, 0.717) is 13.2 Å². The van der Waals surface area contributed by atoms with Gasteiger partial charge in [0.1, 0.15) is 12.4 Å². The maximum Gasteiger partial charge on any atom is 0.228 e. The number of hydrogen-bond donors (Lipinski definition) is 2. The lowest BCUT2D eigenvalue weighted by atomic mass is 10.0. The zero-order valence-electron chi connectivity index (χ0n) is 13.1. The van der Waals surface area contributed by atoms with Gasteiger partial charge in [0.2, 0.25) is 5.91 Å². The van der Waals surface area contributed by atoms with Crippen LogP contribution in [-0.4, -0.2) is 19.1 Å². The lowest BCUT2D eigenvalue weighted by molar-refractivity contribution is -0.118. The topological polar surface area (TPSA) is 64.3 Å². The molecule has 1 aliphatic rings. The van der Waals surface area contributed by atoms with E-state index in [0.717, 1.165) is 11.4 Å². The van der Waals surface area contributed by atoms with Crippen molar-refractivity contribution in [3.8, 4) is 5.75 Å². The van der Waals surface area contributed by atoms with Crippen molar-refractivity contribution in [3.05, 3.63) is 24.3 Å². The maximum atomic E-state index is 12.3. The van der Waals surface area contributed by atoms with Crippen molar-refractivity contribution < 1.29 is 9.53 Å². The number of rotatable bonds is 5. The van der Waals surface area contributed by atoms with Gasteiger partial charge in [0, 0.05) is 18.2 Å². The lowest BCUT2D eigenvalue weighted by Crippen LogP contribution is -2.17. The van der Waals surface area contributed by atoms with Gasteiger partial charge in [0.15, 0.2) is 0 Å². The van der Waals surface area contributed by atoms with Gasteiger partial charge in [-0.3, -0.25) is 4.79 Å². The summed E-state index contributed by atoms with van der Waals surface area (Å²) in [6, 6.07) is 7.39. The van der Waals surface area contributed by atoms with Gasteiger partial charge in [-0.15, -0.1) is 12.4 Å². The molecule has 0 atom stereocenters. The van der Waals surface area contributed by atoms with E-state index in [-0.39, 0.29) is 35.1 Å². The average Bonchev–Trinajstić information content (AvgIpc) is 2.79. The largest absolute Gasteiger partial charge is 0.492 e. The van der Waals surface area contributed by atoms with E-state index in [1.807, 2.05) is 24.3 Å². The molecule has 0 heterocycles. The first-order valence-corrected chi connectivity index (χ1v) is 7.04. The summed E-state index contributed by atoms with van der Waals surface area (Å²) in [6.07, 6.45) is 0. The standard InChI is InChI=1S/C16H24N2O2.ClH/c1-15(2)13(16(15,3)4)14(19)18-11-5-7-12(8-6-11)20-10-9-17;/h5-8,13H,9-10,17H2,1-4H3,(H,18,19);1H. The number of carbonyl (C=O) groups is 1. The van der Waals surface area contributed by atoms with Gasteiger partial charge in [0.25, 0.3) is 0 Å². The SMILES string of the molecule is CC1(C)C(C(=O)Nc2ccc(OCCN)cc2)C1(C)C.Cl.